The number of ether oxygens (including phenoxy) is 1. The Morgan fingerprint density at radius 2 is 0.825 bits per heavy atom. The highest BCUT2D eigenvalue weighted by Gasteiger charge is 2.36. The third-order valence-corrected chi connectivity index (χ3v) is 12.2. The number of amides is 9. The molecule has 33 nitrogen and oxygen atoms in total. The monoisotopic (exact) mass is 1140 g/mol. The van der Waals surface area contributed by atoms with Gasteiger partial charge in [-0.05, 0) is 83.0 Å². The van der Waals surface area contributed by atoms with Crippen LogP contribution in [0.4, 0.5) is 4.79 Å². The van der Waals surface area contributed by atoms with Gasteiger partial charge in [0.05, 0.1) is 13.0 Å². The minimum Gasteiger partial charge on any atom is -0.481 e. The molecule has 1 fully saturated rings. The van der Waals surface area contributed by atoms with Gasteiger partial charge >= 0.3 is 12.1 Å². The van der Waals surface area contributed by atoms with Crippen molar-refractivity contribution in [2.24, 2.45) is 83.2 Å². The van der Waals surface area contributed by atoms with Crippen molar-refractivity contribution in [3.05, 3.63) is 0 Å². The van der Waals surface area contributed by atoms with Gasteiger partial charge in [-0.1, -0.05) is 39.0 Å². The highest BCUT2D eigenvalue weighted by Crippen LogP contribution is 2.27. The van der Waals surface area contributed by atoms with Crippen LogP contribution in [-0.2, 0) is 47.9 Å². The molecular formula is C47H87N21O12. The van der Waals surface area contributed by atoms with E-state index < -0.39 is 121 Å². The van der Waals surface area contributed by atoms with Gasteiger partial charge in [0.25, 0.3) is 0 Å². The number of aliphatic carboxylic acids is 1. The van der Waals surface area contributed by atoms with Crippen molar-refractivity contribution in [3.8, 4) is 0 Å². The van der Waals surface area contributed by atoms with Gasteiger partial charge in [-0.2, -0.15) is 0 Å². The number of guanidine groups is 4. The topological polar surface area (TPSA) is 594 Å². The minimum absolute atomic E-state index is 0.00142. The van der Waals surface area contributed by atoms with Crippen LogP contribution < -0.4 is 94.6 Å². The second-order valence-corrected chi connectivity index (χ2v) is 19.1. The van der Waals surface area contributed by atoms with Crippen LogP contribution in [0.15, 0.2) is 20.0 Å². The highest BCUT2D eigenvalue weighted by molar-refractivity contribution is 5.98. The summed E-state index contributed by atoms with van der Waals surface area (Å²) in [7, 11) is 0. The summed E-state index contributed by atoms with van der Waals surface area (Å²) in [5.74, 6) is -10.0. The van der Waals surface area contributed by atoms with Gasteiger partial charge in [-0.15, -0.1) is 0 Å². The standard InChI is InChI=1S/C47H87N21O12/c1-2-23-80-47(79)68-30(13-6-7-19-58-43(50)51)39(75)65-31(17-18-35(70)71)40(76)67-33(25-34(48)69)42(78)66-32(24-26-11-4-3-5-12-26)41(77)64-29(16-10-22-61-46(56)57)38(74)63-28(15-9-21-60-45(54)55)37(73)62-27(36(49)72)14-8-20-59-44(52)53/h26-33H,2-25H2,1H3,(H2,48,69)(H2,49,72)(H,62,73)(H,63,74)(H,64,77)(H,65,75)(H,66,78)(H,67,76)(H,68,79)(H,70,71)(H4,50,51,58)(H4,52,53,59)(H4,54,55,60)(H4,56,57,61)/t27-,28-,29-,30-,31-,32-,33-/m0/s1. The molecule has 0 unspecified atom stereocenters. The Labute approximate surface area is 464 Å². The first-order chi connectivity index (χ1) is 37.8. The maximum absolute atomic E-state index is 14.6. The van der Waals surface area contributed by atoms with Crippen molar-refractivity contribution in [2.45, 2.75) is 171 Å². The van der Waals surface area contributed by atoms with Crippen LogP contribution in [0.25, 0.3) is 0 Å². The average Bonchev–Trinajstić information content (AvgIpc) is 3.38. The summed E-state index contributed by atoms with van der Waals surface area (Å²) in [6.45, 7) is 2.12. The van der Waals surface area contributed by atoms with Crippen LogP contribution in [0.5, 0.6) is 0 Å². The zero-order valence-electron chi connectivity index (χ0n) is 45.6. The lowest BCUT2D eigenvalue weighted by Gasteiger charge is -2.30. The zero-order valence-corrected chi connectivity index (χ0v) is 45.6. The van der Waals surface area contributed by atoms with Crippen LogP contribution in [0.3, 0.4) is 0 Å². The number of carbonyl (C=O) groups is 10. The molecule has 0 saturated heterocycles. The molecule has 1 aliphatic rings. The normalized spacial score (nSPS) is 14.7. The molecular weight excluding hydrogens is 1050 g/mol. The van der Waals surface area contributed by atoms with E-state index in [1.54, 1.807) is 6.92 Å². The number of aliphatic imine (C=N–C) groups is 4. The van der Waals surface area contributed by atoms with Crippen molar-refractivity contribution in [2.75, 3.05) is 32.8 Å². The third kappa shape index (κ3) is 31.7. The molecule has 80 heavy (non-hydrogen) atoms. The fourth-order valence-corrected chi connectivity index (χ4v) is 8.22. The molecule has 0 aromatic rings. The lowest BCUT2D eigenvalue weighted by atomic mass is 9.84. The molecule has 9 amide bonds. The second-order valence-electron chi connectivity index (χ2n) is 19.1. The molecule has 28 N–H and O–H groups in total. The molecule has 0 bridgehead atoms. The minimum atomic E-state index is -1.81. The smallest absolute Gasteiger partial charge is 0.407 e. The molecule has 1 rings (SSSR count). The Bertz CT molecular complexity index is 2160. The first-order valence-corrected chi connectivity index (χ1v) is 26.6. The molecule has 0 aliphatic heterocycles. The zero-order chi connectivity index (χ0) is 60.2. The highest BCUT2D eigenvalue weighted by atomic mass is 16.5. The van der Waals surface area contributed by atoms with Gasteiger partial charge < -0.3 is 104 Å². The summed E-state index contributed by atoms with van der Waals surface area (Å²) in [6, 6.07) is -10.2. The lowest BCUT2D eigenvalue weighted by Crippen LogP contribution is -2.60. The Kier molecular flexibility index (Phi) is 33.9. The Balaban J connectivity index is 3.67. The molecule has 0 heterocycles. The first kappa shape index (κ1) is 69.6. The molecule has 1 aliphatic carbocycles. The predicted molar refractivity (Wildman–Crippen MR) is 295 cm³/mol. The van der Waals surface area contributed by atoms with Gasteiger partial charge in [0.1, 0.15) is 42.3 Å². The number of carboxylic acid groups (broad SMARTS) is 1. The first-order valence-electron chi connectivity index (χ1n) is 26.6. The largest absolute Gasteiger partial charge is 0.481 e. The molecule has 0 aromatic heterocycles. The van der Waals surface area contributed by atoms with E-state index in [-0.39, 0.29) is 120 Å². The summed E-state index contributed by atoms with van der Waals surface area (Å²) in [5, 5.41) is 27.2. The summed E-state index contributed by atoms with van der Waals surface area (Å²) in [5.41, 5.74) is 54.8. The van der Waals surface area contributed by atoms with Crippen LogP contribution in [-0.4, -0.2) is 163 Å². The second kappa shape index (κ2) is 39.0. The van der Waals surface area contributed by atoms with E-state index in [9.17, 15) is 53.1 Å². The molecule has 0 aromatic carbocycles. The molecule has 1 saturated carbocycles. The van der Waals surface area contributed by atoms with Gasteiger partial charge in [0.2, 0.25) is 47.3 Å². The maximum Gasteiger partial charge on any atom is 0.407 e. The lowest BCUT2D eigenvalue weighted by molar-refractivity contribution is -0.138. The Morgan fingerprint density at radius 3 is 1.25 bits per heavy atom. The van der Waals surface area contributed by atoms with Crippen molar-refractivity contribution >= 4 is 83.2 Å². The molecule has 452 valence electrons. The van der Waals surface area contributed by atoms with Crippen LogP contribution in [0.2, 0.25) is 0 Å². The van der Waals surface area contributed by atoms with E-state index in [4.69, 9.17) is 62.1 Å². The number of nitrogens with one attached hydrogen (secondary N) is 7. The van der Waals surface area contributed by atoms with Crippen molar-refractivity contribution < 1.29 is 57.8 Å². The number of hydrogen-bond donors (Lipinski definition) is 18. The number of alkyl carbamates (subject to hydrolysis) is 1. The summed E-state index contributed by atoms with van der Waals surface area (Å²) in [6.07, 6.45) is 2.31. The van der Waals surface area contributed by atoms with E-state index in [1.807, 2.05) is 0 Å². The molecule has 33 heteroatoms. The Morgan fingerprint density at radius 1 is 0.463 bits per heavy atom. The predicted octanol–water partition coefficient (Wildman–Crippen LogP) is -5.80. The van der Waals surface area contributed by atoms with Gasteiger partial charge in [0.15, 0.2) is 23.8 Å². The number of carbonyl (C=O) groups excluding carboxylic acids is 9. The van der Waals surface area contributed by atoms with Crippen LogP contribution in [0, 0.1) is 5.92 Å². The van der Waals surface area contributed by atoms with E-state index in [1.165, 1.54) is 0 Å². The Hall–Kier alpha value is -8.42. The maximum atomic E-state index is 14.6. The number of nitrogens with two attached hydrogens (primary N) is 10. The quantitative estimate of drug-likeness (QED) is 0.0154. The van der Waals surface area contributed by atoms with Crippen molar-refractivity contribution in [3.63, 3.8) is 0 Å². The number of rotatable bonds is 40. The number of nitrogens with zero attached hydrogens (tertiary/aromatic N) is 4. The molecule has 0 radical (unpaired) electrons. The fourth-order valence-electron chi connectivity index (χ4n) is 8.22. The molecule has 7 atom stereocenters. The fraction of sp³-hybridized carbons (Fsp3) is 0.702. The van der Waals surface area contributed by atoms with E-state index in [0.29, 0.717) is 25.7 Å². The van der Waals surface area contributed by atoms with Crippen LogP contribution >= 0.6 is 0 Å². The van der Waals surface area contributed by atoms with Crippen molar-refractivity contribution in [1.29, 1.82) is 0 Å². The van der Waals surface area contributed by atoms with Crippen LogP contribution in [0.1, 0.15) is 129 Å². The van der Waals surface area contributed by atoms with Gasteiger partial charge in [-0.25, -0.2) is 4.79 Å². The summed E-state index contributed by atoms with van der Waals surface area (Å²) in [4.78, 5) is 150. The number of hydrogen-bond acceptors (Lipinski definition) is 15. The SMILES string of the molecule is CCCOC(=O)N[C@@H](CCCCN=C(N)N)C(=O)N[C@@H](CCC(=O)O)C(=O)N[C@@H](CC(N)=O)C(=O)N[C@@H](CC1CCCCC1)C(=O)N[C@@H](CCCN=C(N)N)C(=O)N[C@@H](CCCN=C(N)N)C(=O)N[C@@H](CCCN=C(N)N)C(N)=O. The summed E-state index contributed by atoms with van der Waals surface area (Å²) < 4.78 is 5.08. The van der Waals surface area contributed by atoms with E-state index >= 15 is 0 Å². The average molecular weight is 1140 g/mol. The number of primary amides is 2. The summed E-state index contributed by atoms with van der Waals surface area (Å²) >= 11 is 0. The van der Waals surface area contributed by atoms with Gasteiger partial charge in [0, 0.05) is 32.6 Å². The molecule has 0 spiro atoms. The van der Waals surface area contributed by atoms with Gasteiger partial charge in [-0.3, -0.25) is 63.1 Å². The van der Waals surface area contributed by atoms with Crippen molar-refractivity contribution in [1.82, 2.24) is 37.2 Å². The third-order valence-electron chi connectivity index (χ3n) is 12.2. The number of unbranched alkanes of at least 4 members (excludes halogenated alkanes) is 1. The van der Waals surface area contributed by atoms with E-state index in [2.05, 4.69) is 57.2 Å². The number of carboxylic acids is 1. The van der Waals surface area contributed by atoms with E-state index in [0.717, 1.165) is 19.3 Å².